The highest BCUT2D eigenvalue weighted by Crippen LogP contribution is 2.22. The third-order valence-corrected chi connectivity index (χ3v) is 3.91. The predicted octanol–water partition coefficient (Wildman–Crippen LogP) is 1.69. The molecule has 2 atom stereocenters. The number of piperazine rings is 1. The average Bonchev–Trinajstić information content (AvgIpc) is 2.26. The van der Waals surface area contributed by atoms with E-state index in [2.05, 4.69) is 39.6 Å². The van der Waals surface area contributed by atoms with E-state index in [1.54, 1.807) is 0 Å². The standard InChI is InChI=1S/C15H31N3O/c1-6-13-11-18(8-7-17(13)5)14(19)9-12(16)10-15(2,3)4/h12-13H,6-11,16H2,1-5H3. The molecule has 2 N–H and O–H groups in total. The zero-order valence-corrected chi connectivity index (χ0v) is 13.3. The summed E-state index contributed by atoms with van der Waals surface area (Å²) in [5, 5.41) is 0. The first-order valence-corrected chi connectivity index (χ1v) is 7.46. The molecule has 1 fully saturated rings. The molecule has 1 aliphatic heterocycles. The largest absolute Gasteiger partial charge is 0.340 e. The van der Waals surface area contributed by atoms with Gasteiger partial charge in [-0.3, -0.25) is 9.69 Å². The second-order valence-corrected chi connectivity index (χ2v) is 7.11. The zero-order valence-electron chi connectivity index (χ0n) is 13.3. The van der Waals surface area contributed by atoms with Crippen molar-refractivity contribution in [1.29, 1.82) is 0 Å². The summed E-state index contributed by atoms with van der Waals surface area (Å²) in [5.74, 6) is 0.225. The van der Waals surface area contributed by atoms with Crippen LogP contribution in [-0.2, 0) is 4.79 Å². The predicted molar refractivity (Wildman–Crippen MR) is 80.0 cm³/mol. The van der Waals surface area contributed by atoms with Crippen LogP contribution in [0.15, 0.2) is 0 Å². The van der Waals surface area contributed by atoms with E-state index in [9.17, 15) is 4.79 Å². The molecule has 4 heteroatoms. The molecule has 1 heterocycles. The van der Waals surface area contributed by atoms with Crippen LogP contribution in [0.25, 0.3) is 0 Å². The quantitative estimate of drug-likeness (QED) is 0.845. The number of nitrogens with zero attached hydrogens (tertiary/aromatic N) is 2. The molecular weight excluding hydrogens is 238 g/mol. The first-order chi connectivity index (χ1) is 8.73. The normalized spacial score (nSPS) is 23.5. The number of hydrogen-bond donors (Lipinski definition) is 1. The Hall–Kier alpha value is -0.610. The smallest absolute Gasteiger partial charge is 0.224 e. The van der Waals surface area contributed by atoms with Gasteiger partial charge in [0, 0.05) is 38.1 Å². The Balaban J connectivity index is 2.45. The van der Waals surface area contributed by atoms with Crippen molar-refractivity contribution in [2.45, 2.75) is 59.0 Å². The monoisotopic (exact) mass is 269 g/mol. The summed E-state index contributed by atoms with van der Waals surface area (Å²) < 4.78 is 0. The molecule has 0 aromatic carbocycles. The Kier molecular flexibility index (Phi) is 5.81. The molecule has 1 amide bonds. The minimum absolute atomic E-state index is 0.0211. The highest BCUT2D eigenvalue weighted by atomic mass is 16.2. The van der Waals surface area contributed by atoms with E-state index in [-0.39, 0.29) is 17.4 Å². The molecule has 2 unspecified atom stereocenters. The highest BCUT2D eigenvalue weighted by Gasteiger charge is 2.27. The van der Waals surface area contributed by atoms with Gasteiger partial charge in [-0.1, -0.05) is 27.7 Å². The lowest BCUT2D eigenvalue weighted by atomic mass is 9.87. The molecule has 1 saturated heterocycles. The fraction of sp³-hybridized carbons (Fsp3) is 0.933. The minimum Gasteiger partial charge on any atom is -0.340 e. The number of amides is 1. The number of likely N-dealkylation sites (N-methyl/N-ethyl adjacent to an activating group) is 1. The summed E-state index contributed by atoms with van der Waals surface area (Å²) in [6.07, 6.45) is 2.47. The molecule has 0 spiro atoms. The third kappa shape index (κ3) is 5.49. The first-order valence-electron chi connectivity index (χ1n) is 7.46. The Morgan fingerprint density at radius 2 is 2.00 bits per heavy atom. The Morgan fingerprint density at radius 3 is 2.53 bits per heavy atom. The fourth-order valence-electron chi connectivity index (χ4n) is 2.83. The molecule has 0 bridgehead atoms. The molecule has 0 aromatic heterocycles. The van der Waals surface area contributed by atoms with Crippen LogP contribution < -0.4 is 5.73 Å². The van der Waals surface area contributed by atoms with Crippen LogP contribution in [-0.4, -0.2) is 54.5 Å². The Morgan fingerprint density at radius 1 is 1.37 bits per heavy atom. The van der Waals surface area contributed by atoms with Gasteiger partial charge in [0.05, 0.1) is 0 Å². The third-order valence-electron chi connectivity index (χ3n) is 3.91. The molecule has 112 valence electrons. The van der Waals surface area contributed by atoms with E-state index in [0.29, 0.717) is 12.5 Å². The van der Waals surface area contributed by atoms with Crippen molar-refractivity contribution >= 4 is 5.91 Å². The van der Waals surface area contributed by atoms with Gasteiger partial charge in [0.15, 0.2) is 0 Å². The maximum Gasteiger partial charge on any atom is 0.224 e. The molecule has 1 aliphatic rings. The number of carbonyl (C=O) groups excluding carboxylic acids is 1. The number of rotatable bonds is 4. The summed E-state index contributed by atoms with van der Waals surface area (Å²) in [5.41, 5.74) is 6.29. The molecule has 0 saturated carbocycles. The van der Waals surface area contributed by atoms with Crippen molar-refractivity contribution in [3.8, 4) is 0 Å². The van der Waals surface area contributed by atoms with Crippen LogP contribution in [0.2, 0.25) is 0 Å². The topological polar surface area (TPSA) is 49.6 Å². The molecule has 1 rings (SSSR count). The zero-order chi connectivity index (χ0) is 14.6. The molecule has 0 radical (unpaired) electrons. The van der Waals surface area contributed by atoms with Gasteiger partial charge < -0.3 is 10.6 Å². The lowest BCUT2D eigenvalue weighted by Crippen LogP contribution is -2.53. The molecular formula is C15H31N3O. The first kappa shape index (κ1) is 16.4. The van der Waals surface area contributed by atoms with Crippen molar-refractivity contribution in [1.82, 2.24) is 9.80 Å². The molecule has 0 aromatic rings. The van der Waals surface area contributed by atoms with Gasteiger partial charge in [-0.05, 0) is 25.3 Å². The summed E-state index contributed by atoms with van der Waals surface area (Å²) in [7, 11) is 2.14. The molecule has 19 heavy (non-hydrogen) atoms. The highest BCUT2D eigenvalue weighted by molar-refractivity contribution is 5.77. The Bertz CT molecular complexity index is 298. The van der Waals surface area contributed by atoms with Crippen molar-refractivity contribution < 1.29 is 4.79 Å². The van der Waals surface area contributed by atoms with E-state index < -0.39 is 0 Å². The van der Waals surface area contributed by atoms with Crippen molar-refractivity contribution in [3.05, 3.63) is 0 Å². The summed E-state index contributed by atoms with van der Waals surface area (Å²) >= 11 is 0. The van der Waals surface area contributed by atoms with E-state index in [1.807, 2.05) is 4.90 Å². The van der Waals surface area contributed by atoms with Gasteiger partial charge >= 0.3 is 0 Å². The molecule has 0 aliphatic carbocycles. The van der Waals surface area contributed by atoms with Gasteiger partial charge in [0.25, 0.3) is 0 Å². The van der Waals surface area contributed by atoms with Crippen LogP contribution >= 0.6 is 0 Å². The van der Waals surface area contributed by atoms with Crippen LogP contribution in [0.4, 0.5) is 0 Å². The van der Waals surface area contributed by atoms with E-state index >= 15 is 0 Å². The van der Waals surface area contributed by atoms with Crippen LogP contribution in [0.5, 0.6) is 0 Å². The SMILES string of the molecule is CCC1CN(C(=O)CC(N)CC(C)(C)C)CCN1C. The van der Waals surface area contributed by atoms with Crippen LogP contribution in [0.3, 0.4) is 0 Å². The fourth-order valence-corrected chi connectivity index (χ4v) is 2.83. The molecule has 4 nitrogen and oxygen atoms in total. The second-order valence-electron chi connectivity index (χ2n) is 7.11. The number of carbonyl (C=O) groups is 1. The summed E-state index contributed by atoms with van der Waals surface area (Å²) in [6, 6.07) is 0.476. The number of hydrogen-bond acceptors (Lipinski definition) is 3. The van der Waals surface area contributed by atoms with Gasteiger partial charge in [0.2, 0.25) is 5.91 Å². The van der Waals surface area contributed by atoms with Gasteiger partial charge in [-0.25, -0.2) is 0 Å². The van der Waals surface area contributed by atoms with E-state index in [4.69, 9.17) is 5.73 Å². The van der Waals surface area contributed by atoms with Crippen LogP contribution in [0, 0.1) is 5.41 Å². The average molecular weight is 269 g/mol. The van der Waals surface area contributed by atoms with Crippen molar-refractivity contribution in [2.75, 3.05) is 26.7 Å². The van der Waals surface area contributed by atoms with Gasteiger partial charge in [0.1, 0.15) is 0 Å². The van der Waals surface area contributed by atoms with Gasteiger partial charge in [-0.15, -0.1) is 0 Å². The second kappa shape index (κ2) is 6.71. The number of nitrogens with two attached hydrogens (primary N) is 1. The lowest BCUT2D eigenvalue weighted by molar-refractivity contribution is -0.134. The lowest BCUT2D eigenvalue weighted by Gasteiger charge is -2.39. The summed E-state index contributed by atoms with van der Waals surface area (Å²) in [6.45, 7) is 11.3. The van der Waals surface area contributed by atoms with Gasteiger partial charge in [-0.2, -0.15) is 0 Å². The van der Waals surface area contributed by atoms with Crippen molar-refractivity contribution in [3.63, 3.8) is 0 Å². The van der Waals surface area contributed by atoms with E-state index in [0.717, 1.165) is 32.5 Å². The maximum absolute atomic E-state index is 12.3. The van der Waals surface area contributed by atoms with Crippen molar-refractivity contribution in [2.24, 2.45) is 11.1 Å². The minimum atomic E-state index is -0.0211. The maximum atomic E-state index is 12.3. The van der Waals surface area contributed by atoms with E-state index in [1.165, 1.54) is 0 Å². The van der Waals surface area contributed by atoms with Crippen LogP contribution in [0.1, 0.15) is 47.0 Å². The Labute approximate surface area is 118 Å². The summed E-state index contributed by atoms with van der Waals surface area (Å²) in [4.78, 5) is 16.6.